The molecule has 6 heteroatoms. The van der Waals surface area contributed by atoms with Crippen molar-refractivity contribution in [3.05, 3.63) is 180 Å². The standard InChI is InChI=1S/C63H56BN3OS/c1-37-33-52-56-53(34-37)67-57-47(59-58(67)46-15-11-12-20-54(46)68-59)17-13-18-49(57)64(56)48-32-30-43(65(41-26-21-38(22-27-41)61(2,3)4)42-28-23-39(24-29-42)62(5,6)7)36-51(48)66(52)50-19-14-16-45-44-31-25-40(63(8,9)10)35-55(44)69-60(45)50/h11-36H,1-10H3. The predicted octanol–water partition coefficient (Wildman–Crippen LogP) is 16.2. The van der Waals surface area contributed by atoms with E-state index in [1.165, 1.54) is 87.1 Å². The Labute approximate surface area is 409 Å². The number of furan rings is 1. The topological polar surface area (TPSA) is 24.6 Å². The molecule has 0 aliphatic carbocycles. The van der Waals surface area contributed by atoms with Crippen LogP contribution in [0.1, 0.15) is 84.6 Å². The van der Waals surface area contributed by atoms with E-state index in [0.29, 0.717) is 0 Å². The molecule has 11 aromatic rings. The van der Waals surface area contributed by atoms with Gasteiger partial charge in [0.2, 0.25) is 0 Å². The van der Waals surface area contributed by atoms with Crippen molar-refractivity contribution in [3.8, 4) is 5.69 Å². The minimum atomic E-state index is -0.0149. The first-order chi connectivity index (χ1) is 33.0. The van der Waals surface area contributed by atoms with Gasteiger partial charge in [0.1, 0.15) is 11.1 Å². The van der Waals surface area contributed by atoms with Gasteiger partial charge in [0, 0.05) is 60.4 Å². The second kappa shape index (κ2) is 14.5. The second-order valence-electron chi connectivity index (χ2n) is 22.7. The van der Waals surface area contributed by atoms with Crippen molar-refractivity contribution in [2.24, 2.45) is 0 Å². The highest BCUT2D eigenvalue weighted by Crippen LogP contribution is 2.50. The second-order valence-corrected chi connectivity index (χ2v) is 23.8. The van der Waals surface area contributed by atoms with Crippen LogP contribution in [0.5, 0.6) is 0 Å². The molecule has 2 aliphatic heterocycles. The van der Waals surface area contributed by atoms with Gasteiger partial charge in [-0.3, -0.25) is 0 Å². The number of aromatic nitrogens is 1. The molecule has 0 radical (unpaired) electrons. The number of fused-ring (bicyclic) bond motifs is 12. The van der Waals surface area contributed by atoms with Gasteiger partial charge in [-0.2, -0.15) is 0 Å². The van der Waals surface area contributed by atoms with Crippen molar-refractivity contribution in [1.82, 2.24) is 4.57 Å². The van der Waals surface area contributed by atoms with Crippen LogP contribution in [-0.4, -0.2) is 11.3 Å². The molecule has 0 spiro atoms. The van der Waals surface area contributed by atoms with Gasteiger partial charge in [-0.1, -0.05) is 141 Å². The molecule has 0 unspecified atom stereocenters. The molecular formula is C63H56BN3OS. The molecule has 5 heterocycles. The molecule has 8 aromatic carbocycles. The van der Waals surface area contributed by atoms with Crippen LogP contribution < -0.4 is 26.2 Å². The third-order valence-corrected chi connectivity index (χ3v) is 16.3. The summed E-state index contributed by atoms with van der Waals surface area (Å²) in [4.78, 5) is 5.07. The van der Waals surface area contributed by atoms with Gasteiger partial charge in [0.15, 0.2) is 5.58 Å². The molecule has 13 rings (SSSR count). The highest BCUT2D eigenvalue weighted by atomic mass is 32.1. The van der Waals surface area contributed by atoms with Crippen LogP contribution in [0.2, 0.25) is 0 Å². The summed E-state index contributed by atoms with van der Waals surface area (Å²) in [5.41, 5.74) is 21.7. The van der Waals surface area contributed by atoms with Gasteiger partial charge in [-0.05, 0) is 141 Å². The number of aryl methyl sites for hydroxylation is 1. The fraction of sp³-hybridized carbons (Fsp3) is 0.206. The molecular weight excluding hydrogens is 858 g/mol. The largest absolute Gasteiger partial charge is 0.454 e. The molecule has 0 bridgehead atoms. The Kier molecular flexibility index (Phi) is 8.86. The average molecular weight is 914 g/mol. The van der Waals surface area contributed by atoms with Gasteiger partial charge < -0.3 is 18.8 Å². The van der Waals surface area contributed by atoms with E-state index in [0.717, 1.165) is 44.5 Å². The summed E-state index contributed by atoms with van der Waals surface area (Å²) < 4.78 is 11.9. The van der Waals surface area contributed by atoms with Gasteiger partial charge in [0.05, 0.1) is 15.9 Å². The average Bonchev–Trinajstić information content (AvgIpc) is 3.99. The molecule has 0 saturated heterocycles. The van der Waals surface area contributed by atoms with E-state index in [-0.39, 0.29) is 23.0 Å². The lowest BCUT2D eigenvalue weighted by Crippen LogP contribution is -2.60. The monoisotopic (exact) mass is 913 g/mol. The molecule has 0 amide bonds. The molecule has 0 saturated carbocycles. The van der Waals surface area contributed by atoms with Crippen LogP contribution in [-0.2, 0) is 16.2 Å². The third-order valence-electron chi connectivity index (χ3n) is 15.1. The van der Waals surface area contributed by atoms with Crippen molar-refractivity contribution < 1.29 is 4.42 Å². The zero-order chi connectivity index (χ0) is 47.5. The van der Waals surface area contributed by atoms with Crippen molar-refractivity contribution >= 4 is 122 Å². The van der Waals surface area contributed by atoms with Gasteiger partial charge in [0.25, 0.3) is 6.71 Å². The van der Waals surface area contributed by atoms with Crippen LogP contribution in [0.4, 0.5) is 34.1 Å². The van der Waals surface area contributed by atoms with Crippen LogP contribution in [0.15, 0.2) is 162 Å². The third kappa shape index (κ3) is 6.27. The number of thiophene rings is 1. The number of rotatable bonds is 4. The van der Waals surface area contributed by atoms with Gasteiger partial charge in [-0.25, -0.2) is 0 Å². The van der Waals surface area contributed by atoms with E-state index in [4.69, 9.17) is 4.42 Å². The predicted molar refractivity (Wildman–Crippen MR) is 298 cm³/mol. The summed E-state index contributed by atoms with van der Waals surface area (Å²) >= 11 is 1.92. The minimum absolute atomic E-state index is 0.0149. The van der Waals surface area contributed by atoms with Crippen molar-refractivity contribution in [2.45, 2.75) is 85.5 Å². The van der Waals surface area contributed by atoms with Crippen molar-refractivity contribution in [3.63, 3.8) is 0 Å². The van der Waals surface area contributed by atoms with Crippen molar-refractivity contribution in [1.29, 1.82) is 0 Å². The van der Waals surface area contributed by atoms with E-state index in [1.807, 2.05) is 11.3 Å². The van der Waals surface area contributed by atoms with Crippen molar-refractivity contribution in [2.75, 3.05) is 9.80 Å². The first-order valence-corrected chi connectivity index (χ1v) is 25.4. The van der Waals surface area contributed by atoms with E-state index < -0.39 is 0 Å². The first kappa shape index (κ1) is 42.1. The van der Waals surface area contributed by atoms with E-state index in [1.54, 1.807) is 0 Å². The SMILES string of the molecule is Cc1cc2c3c(c1)-n1c4c(cccc4c4oc5ccccc5c41)B3c1ccc(N(c3ccc(C(C)(C)C)cc3)c3ccc(C(C)(C)C)cc3)cc1N2c1cccc2c1sc1cc(C(C)(C)C)ccc12. The summed E-state index contributed by atoms with van der Waals surface area (Å²) in [6.07, 6.45) is 0. The normalized spacial score (nSPS) is 13.6. The highest BCUT2D eigenvalue weighted by molar-refractivity contribution is 7.26. The lowest BCUT2D eigenvalue weighted by atomic mass is 9.33. The fourth-order valence-electron chi connectivity index (χ4n) is 11.5. The molecule has 69 heavy (non-hydrogen) atoms. The Morgan fingerprint density at radius 2 is 1.09 bits per heavy atom. The fourth-order valence-corrected chi connectivity index (χ4v) is 12.8. The maximum Gasteiger partial charge on any atom is 0.252 e. The summed E-state index contributed by atoms with van der Waals surface area (Å²) in [7, 11) is 0. The number of hydrogen-bond donors (Lipinski definition) is 0. The highest BCUT2D eigenvalue weighted by Gasteiger charge is 2.43. The smallest absolute Gasteiger partial charge is 0.252 e. The Morgan fingerprint density at radius 3 is 1.78 bits per heavy atom. The number of nitrogens with zero attached hydrogens (tertiary/aromatic N) is 3. The van der Waals surface area contributed by atoms with Crippen LogP contribution >= 0.6 is 11.3 Å². The number of para-hydroxylation sites is 2. The van der Waals surface area contributed by atoms with Crippen LogP contribution in [0.25, 0.3) is 58.8 Å². The first-order valence-electron chi connectivity index (χ1n) is 24.5. The zero-order valence-corrected chi connectivity index (χ0v) is 42.1. The molecule has 2 aliphatic rings. The Hall–Kier alpha value is -7.02. The summed E-state index contributed by atoms with van der Waals surface area (Å²) in [5.74, 6) is 0. The van der Waals surface area contributed by atoms with Crippen LogP contribution in [0.3, 0.4) is 0 Å². The summed E-state index contributed by atoms with van der Waals surface area (Å²) in [6.45, 7) is 22.9. The van der Waals surface area contributed by atoms with E-state index in [9.17, 15) is 0 Å². The molecule has 338 valence electrons. The number of anilines is 6. The molecule has 0 N–H and O–H groups in total. The van der Waals surface area contributed by atoms with Gasteiger partial charge >= 0.3 is 0 Å². The number of hydrogen-bond acceptors (Lipinski definition) is 4. The number of benzene rings is 8. The maximum absolute atomic E-state index is 6.80. The summed E-state index contributed by atoms with van der Waals surface area (Å²) in [6, 6.07) is 60.0. The van der Waals surface area contributed by atoms with E-state index >= 15 is 0 Å². The molecule has 4 nitrogen and oxygen atoms in total. The minimum Gasteiger partial charge on any atom is -0.454 e. The maximum atomic E-state index is 6.80. The summed E-state index contributed by atoms with van der Waals surface area (Å²) in [5, 5.41) is 4.89. The molecule has 0 atom stereocenters. The zero-order valence-electron chi connectivity index (χ0n) is 41.2. The van der Waals surface area contributed by atoms with E-state index in [2.05, 4.69) is 241 Å². The lowest BCUT2D eigenvalue weighted by Gasteiger charge is -2.41. The van der Waals surface area contributed by atoms with Crippen LogP contribution in [0, 0.1) is 6.92 Å². The van der Waals surface area contributed by atoms with Gasteiger partial charge in [-0.15, -0.1) is 11.3 Å². The Bertz CT molecular complexity index is 3870. The molecule has 0 fully saturated rings. The molecule has 3 aromatic heterocycles. The Morgan fingerprint density at radius 1 is 0.478 bits per heavy atom. The Balaban J connectivity index is 1.12. The lowest BCUT2D eigenvalue weighted by molar-refractivity contribution is 0.590. The quantitative estimate of drug-likeness (QED) is 0.164.